The third-order valence-corrected chi connectivity index (χ3v) is 5.61. The van der Waals surface area contributed by atoms with E-state index in [2.05, 4.69) is 11.4 Å². The molecular weight excluding hydrogens is 366 g/mol. The average Bonchev–Trinajstić information content (AvgIpc) is 3.15. The van der Waals surface area contributed by atoms with Crippen LogP contribution in [0.4, 0.5) is 11.4 Å². The number of hydrogen-bond donors (Lipinski definition) is 1. The molecule has 2 aliphatic rings. The van der Waals surface area contributed by atoms with Gasteiger partial charge < -0.3 is 15.1 Å². The minimum atomic E-state index is -0.381. The number of nitrogens with zero attached hydrogens (tertiary/aromatic N) is 2. The highest BCUT2D eigenvalue weighted by Crippen LogP contribution is 2.27. The maximum atomic E-state index is 12.7. The maximum Gasteiger partial charge on any atom is 0.228 e. The SMILES string of the molecule is O=C(NCCC(=O)N1CCCc2ccccc21)C1CC(=O)N(c2ccccc2)C1. The average molecular weight is 391 g/mol. The first-order valence-electron chi connectivity index (χ1n) is 10.1. The lowest BCUT2D eigenvalue weighted by Gasteiger charge is -2.29. The number of anilines is 2. The topological polar surface area (TPSA) is 69.7 Å². The molecule has 150 valence electrons. The molecule has 4 rings (SSSR count). The zero-order chi connectivity index (χ0) is 20.2. The largest absolute Gasteiger partial charge is 0.355 e. The molecule has 1 saturated heterocycles. The molecule has 3 amide bonds. The Bertz CT molecular complexity index is 913. The third kappa shape index (κ3) is 4.16. The van der Waals surface area contributed by atoms with E-state index in [4.69, 9.17) is 0 Å². The van der Waals surface area contributed by atoms with Crippen LogP contribution in [-0.4, -0.2) is 37.4 Å². The number of carbonyl (C=O) groups is 3. The van der Waals surface area contributed by atoms with Crippen LogP contribution in [0.5, 0.6) is 0 Å². The number of nitrogens with one attached hydrogen (secondary N) is 1. The van der Waals surface area contributed by atoms with Crippen LogP contribution >= 0.6 is 0 Å². The smallest absolute Gasteiger partial charge is 0.228 e. The van der Waals surface area contributed by atoms with Gasteiger partial charge in [0.15, 0.2) is 0 Å². The van der Waals surface area contributed by atoms with E-state index in [1.54, 1.807) is 4.90 Å². The fourth-order valence-electron chi connectivity index (χ4n) is 4.11. The van der Waals surface area contributed by atoms with Crippen LogP contribution in [-0.2, 0) is 20.8 Å². The van der Waals surface area contributed by atoms with Gasteiger partial charge in [0, 0.05) is 43.9 Å². The number of rotatable bonds is 5. The summed E-state index contributed by atoms with van der Waals surface area (Å²) in [6.07, 6.45) is 2.40. The first-order valence-corrected chi connectivity index (χ1v) is 10.1. The first-order chi connectivity index (χ1) is 14.1. The second-order valence-corrected chi connectivity index (χ2v) is 7.56. The van der Waals surface area contributed by atoms with Crippen molar-refractivity contribution in [1.82, 2.24) is 5.32 Å². The van der Waals surface area contributed by atoms with Crippen molar-refractivity contribution in [3.05, 3.63) is 60.2 Å². The van der Waals surface area contributed by atoms with Gasteiger partial charge in [-0.2, -0.15) is 0 Å². The summed E-state index contributed by atoms with van der Waals surface area (Å²) in [5.41, 5.74) is 2.99. The van der Waals surface area contributed by atoms with Gasteiger partial charge in [-0.05, 0) is 36.6 Å². The minimum absolute atomic E-state index is 0.0193. The monoisotopic (exact) mass is 391 g/mol. The molecule has 0 radical (unpaired) electrons. The summed E-state index contributed by atoms with van der Waals surface area (Å²) in [5.74, 6) is -0.569. The van der Waals surface area contributed by atoms with Gasteiger partial charge in [0.2, 0.25) is 17.7 Å². The Kier molecular flexibility index (Phi) is 5.60. The van der Waals surface area contributed by atoms with Crippen LogP contribution in [0.2, 0.25) is 0 Å². The van der Waals surface area contributed by atoms with Crippen LogP contribution in [0.1, 0.15) is 24.8 Å². The second-order valence-electron chi connectivity index (χ2n) is 7.56. The molecule has 1 atom stereocenters. The molecule has 6 nitrogen and oxygen atoms in total. The van der Waals surface area contributed by atoms with Crippen molar-refractivity contribution in [2.75, 3.05) is 29.4 Å². The lowest BCUT2D eigenvalue weighted by Crippen LogP contribution is -2.39. The number of aryl methyl sites for hydroxylation is 1. The molecule has 29 heavy (non-hydrogen) atoms. The predicted molar refractivity (Wildman–Crippen MR) is 112 cm³/mol. The van der Waals surface area contributed by atoms with Crippen LogP contribution in [0.15, 0.2) is 54.6 Å². The Hall–Kier alpha value is -3.15. The first kappa shape index (κ1) is 19.2. The lowest BCUT2D eigenvalue weighted by atomic mass is 10.0. The second kappa shape index (κ2) is 8.47. The van der Waals surface area contributed by atoms with E-state index < -0.39 is 0 Å². The van der Waals surface area contributed by atoms with Crippen LogP contribution in [0, 0.1) is 5.92 Å². The van der Waals surface area contributed by atoms with Gasteiger partial charge in [0.05, 0.1) is 5.92 Å². The number of para-hydroxylation sites is 2. The summed E-state index contributed by atoms with van der Waals surface area (Å²) >= 11 is 0. The van der Waals surface area contributed by atoms with E-state index in [9.17, 15) is 14.4 Å². The molecule has 1 unspecified atom stereocenters. The van der Waals surface area contributed by atoms with E-state index in [1.165, 1.54) is 5.56 Å². The summed E-state index contributed by atoms with van der Waals surface area (Å²) in [4.78, 5) is 40.9. The molecule has 0 bridgehead atoms. The van der Waals surface area contributed by atoms with Gasteiger partial charge >= 0.3 is 0 Å². The molecule has 0 spiro atoms. The molecule has 2 aliphatic heterocycles. The van der Waals surface area contributed by atoms with E-state index in [0.29, 0.717) is 13.1 Å². The van der Waals surface area contributed by atoms with Gasteiger partial charge in [-0.25, -0.2) is 0 Å². The number of benzene rings is 2. The molecule has 1 fully saturated rings. The zero-order valence-electron chi connectivity index (χ0n) is 16.3. The summed E-state index contributed by atoms with van der Waals surface area (Å²) in [6.45, 7) is 1.38. The van der Waals surface area contributed by atoms with Crippen molar-refractivity contribution < 1.29 is 14.4 Å². The Labute approximate surface area is 170 Å². The number of hydrogen-bond acceptors (Lipinski definition) is 3. The van der Waals surface area contributed by atoms with E-state index in [0.717, 1.165) is 24.2 Å². The Morgan fingerprint density at radius 1 is 1.03 bits per heavy atom. The fraction of sp³-hybridized carbons (Fsp3) is 0.348. The van der Waals surface area contributed by atoms with Crippen LogP contribution < -0.4 is 15.1 Å². The molecule has 6 heteroatoms. The normalized spacial score (nSPS) is 18.5. The number of amides is 3. The highest BCUT2D eigenvalue weighted by atomic mass is 16.2. The third-order valence-electron chi connectivity index (χ3n) is 5.61. The summed E-state index contributed by atoms with van der Waals surface area (Å²) in [6, 6.07) is 17.4. The van der Waals surface area contributed by atoms with Gasteiger partial charge in [-0.1, -0.05) is 36.4 Å². The van der Waals surface area contributed by atoms with Crippen molar-refractivity contribution in [3.63, 3.8) is 0 Å². The Morgan fingerprint density at radius 3 is 2.62 bits per heavy atom. The van der Waals surface area contributed by atoms with Crippen molar-refractivity contribution >= 4 is 29.1 Å². The van der Waals surface area contributed by atoms with Crippen molar-refractivity contribution in [2.45, 2.75) is 25.7 Å². The number of carbonyl (C=O) groups excluding carboxylic acids is 3. The van der Waals surface area contributed by atoms with E-state index in [1.807, 2.05) is 53.4 Å². The maximum absolute atomic E-state index is 12.7. The summed E-state index contributed by atoms with van der Waals surface area (Å²) < 4.78 is 0. The molecule has 0 aliphatic carbocycles. The Balaban J connectivity index is 1.29. The van der Waals surface area contributed by atoms with Gasteiger partial charge in [0.25, 0.3) is 0 Å². The number of fused-ring (bicyclic) bond motifs is 1. The zero-order valence-corrected chi connectivity index (χ0v) is 16.3. The van der Waals surface area contributed by atoms with Gasteiger partial charge in [0.1, 0.15) is 0 Å². The van der Waals surface area contributed by atoms with Crippen molar-refractivity contribution in [2.24, 2.45) is 5.92 Å². The molecule has 2 heterocycles. The fourth-order valence-corrected chi connectivity index (χ4v) is 4.11. The molecule has 1 N–H and O–H groups in total. The van der Waals surface area contributed by atoms with E-state index >= 15 is 0 Å². The summed E-state index contributed by atoms with van der Waals surface area (Å²) in [5, 5.41) is 2.85. The van der Waals surface area contributed by atoms with Crippen LogP contribution in [0.3, 0.4) is 0 Å². The van der Waals surface area contributed by atoms with Gasteiger partial charge in [-0.15, -0.1) is 0 Å². The standard InChI is InChI=1S/C23H25N3O3/c27-21(25-14-6-8-17-7-4-5-11-20(17)25)12-13-24-23(29)18-15-22(28)26(16-18)19-9-2-1-3-10-19/h1-5,7,9-11,18H,6,8,12-16H2,(H,24,29). The Morgan fingerprint density at radius 2 is 1.79 bits per heavy atom. The lowest BCUT2D eigenvalue weighted by molar-refractivity contribution is -0.126. The van der Waals surface area contributed by atoms with Crippen molar-refractivity contribution in [1.29, 1.82) is 0 Å². The molecular formula is C23H25N3O3. The van der Waals surface area contributed by atoms with Gasteiger partial charge in [-0.3, -0.25) is 14.4 Å². The summed E-state index contributed by atoms with van der Waals surface area (Å²) in [7, 11) is 0. The highest BCUT2D eigenvalue weighted by molar-refractivity contribution is 6.00. The van der Waals surface area contributed by atoms with Crippen molar-refractivity contribution in [3.8, 4) is 0 Å². The van der Waals surface area contributed by atoms with E-state index in [-0.39, 0.29) is 43.0 Å². The molecule has 0 saturated carbocycles. The predicted octanol–water partition coefficient (Wildman–Crippen LogP) is 2.53. The molecule has 2 aromatic carbocycles. The minimum Gasteiger partial charge on any atom is -0.355 e. The molecule has 0 aromatic heterocycles. The molecule has 2 aromatic rings. The quantitative estimate of drug-likeness (QED) is 0.852. The highest BCUT2D eigenvalue weighted by Gasteiger charge is 2.35. The van der Waals surface area contributed by atoms with Crippen LogP contribution in [0.25, 0.3) is 0 Å².